The topological polar surface area (TPSA) is 90.2 Å². The summed E-state index contributed by atoms with van der Waals surface area (Å²) in [6, 6.07) is 8.14. The number of aromatic nitrogens is 2. The SMILES string of the molecule is CCCCOCCOCC(=O)N1CCN(Cc2cccc(-c3noc(COC)n3)c2)CC1. The molecule has 2 aromatic rings. The van der Waals surface area contributed by atoms with Crippen LogP contribution in [0.3, 0.4) is 0 Å². The summed E-state index contributed by atoms with van der Waals surface area (Å²) in [5.74, 6) is 1.07. The molecule has 1 aliphatic rings. The molecule has 0 N–H and O–H groups in total. The summed E-state index contributed by atoms with van der Waals surface area (Å²) in [6.45, 7) is 8.18. The largest absolute Gasteiger partial charge is 0.379 e. The van der Waals surface area contributed by atoms with Gasteiger partial charge in [0.05, 0.1) is 13.2 Å². The van der Waals surface area contributed by atoms with Crippen molar-refractivity contribution in [2.45, 2.75) is 32.9 Å². The van der Waals surface area contributed by atoms with Crippen LogP contribution < -0.4 is 0 Å². The third-order valence-corrected chi connectivity index (χ3v) is 5.29. The highest BCUT2D eigenvalue weighted by atomic mass is 16.5. The summed E-state index contributed by atoms with van der Waals surface area (Å²) in [6.07, 6.45) is 2.17. The van der Waals surface area contributed by atoms with Crippen LogP contribution in [0.2, 0.25) is 0 Å². The number of methoxy groups -OCH3 is 1. The van der Waals surface area contributed by atoms with Gasteiger partial charge in [-0.3, -0.25) is 9.69 Å². The first kappa shape index (κ1) is 24.3. The summed E-state index contributed by atoms with van der Waals surface area (Å²) in [5, 5.41) is 4.03. The smallest absolute Gasteiger partial charge is 0.252 e. The fourth-order valence-corrected chi connectivity index (χ4v) is 3.49. The average molecular weight is 447 g/mol. The molecule has 176 valence electrons. The van der Waals surface area contributed by atoms with Gasteiger partial charge in [0.1, 0.15) is 13.2 Å². The first-order valence-corrected chi connectivity index (χ1v) is 11.3. The van der Waals surface area contributed by atoms with Crippen molar-refractivity contribution in [3.05, 3.63) is 35.7 Å². The number of rotatable bonds is 13. The molecule has 0 spiro atoms. The molecule has 0 radical (unpaired) electrons. The lowest BCUT2D eigenvalue weighted by Gasteiger charge is -2.34. The molecule has 0 bridgehead atoms. The lowest BCUT2D eigenvalue weighted by molar-refractivity contribution is -0.138. The van der Waals surface area contributed by atoms with E-state index in [1.165, 1.54) is 5.56 Å². The Hall–Kier alpha value is -2.33. The Morgan fingerprint density at radius 1 is 1.12 bits per heavy atom. The number of hydrogen-bond acceptors (Lipinski definition) is 8. The quantitative estimate of drug-likeness (QED) is 0.433. The van der Waals surface area contributed by atoms with Crippen LogP contribution in [0.25, 0.3) is 11.4 Å². The van der Waals surface area contributed by atoms with E-state index in [0.717, 1.165) is 44.6 Å². The van der Waals surface area contributed by atoms with Crippen molar-refractivity contribution in [2.75, 3.05) is 59.7 Å². The third kappa shape index (κ3) is 7.67. The molecular weight excluding hydrogens is 412 g/mol. The Balaban J connectivity index is 1.39. The fraction of sp³-hybridized carbons (Fsp3) is 0.609. The molecule has 0 saturated carbocycles. The van der Waals surface area contributed by atoms with Gasteiger partial charge in [-0.2, -0.15) is 4.98 Å². The van der Waals surface area contributed by atoms with E-state index in [9.17, 15) is 4.79 Å². The van der Waals surface area contributed by atoms with Crippen molar-refractivity contribution in [2.24, 2.45) is 0 Å². The molecule has 1 amide bonds. The van der Waals surface area contributed by atoms with Crippen LogP contribution >= 0.6 is 0 Å². The Morgan fingerprint density at radius 2 is 1.94 bits per heavy atom. The van der Waals surface area contributed by atoms with Crippen molar-refractivity contribution in [3.8, 4) is 11.4 Å². The van der Waals surface area contributed by atoms with E-state index in [0.29, 0.717) is 44.6 Å². The summed E-state index contributed by atoms with van der Waals surface area (Å²) >= 11 is 0. The van der Waals surface area contributed by atoms with Crippen molar-refractivity contribution in [1.82, 2.24) is 19.9 Å². The number of carbonyl (C=O) groups excluding carboxylic acids is 1. The van der Waals surface area contributed by atoms with E-state index in [4.69, 9.17) is 18.7 Å². The van der Waals surface area contributed by atoms with Crippen molar-refractivity contribution < 1.29 is 23.5 Å². The van der Waals surface area contributed by atoms with Gasteiger partial charge in [0.2, 0.25) is 11.7 Å². The highest BCUT2D eigenvalue weighted by Gasteiger charge is 2.21. The molecular formula is C23H34N4O5. The van der Waals surface area contributed by atoms with E-state index in [-0.39, 0.29) is 12.5 Å². The van der Waals surface area contributed by atoms with Gasteiger partial charge in [-0.25, -0.2) is 0 Å². The number of nitrogens with zero attached hydrogens (tertiary/aromatic N) is 4. The number of benzene rings is 1. The van der Waals surface area contributed by atoms with Gasteiger partial charge < -0.3 is 23.6 Å². The van der Waals surface area contributed by atoms with E-state index in [1.807, 2.05) is 17.0 Å². The van der Waals surface area contributed by atoms with E-state index >= 15 is 0 Å². The molecule has 0 unspecified atom stereocenters. The second-order valence-corrected chi connectivity index (χ2v) is 7.82. The number of ether oxygens (including phenoxy) is 3. The molecule has 1 aromatic carbocycles. The number of unbranched alkanes of at least 4 members (excludes halogenated alkanes) is 1. The minimum absolute atomic E-state index is 0.0455. The van der Waals surface area contributed by atoms with Crippen LogP contribution in [0.5, 0.6) is 0 Å². The lowest BCUT2D eigenvalue weighted by atomic mass is 10.1. The standard InChI is InChI=1S/C23H34N4O5/c1-3-4-12-30-13-14-31-18-22(28)27-10-8-26(9-11-27)16-19-6-5-7-20(15-19)23-24-21(17-29-2)32-25-23/h5-7,15H,3-4,8-14,16-18H2,1-2H3. The Morgan fingerprint density at radius 3 is 2.72 bits per heavy atom. The van der Waals surface area contributed by atoms with E-state index < -0.39 is 0 Å². The normalized spacial score (nSPS) is 14.8. The maximum absolute atomic E-state index is 12.4. The molecule has 1 fully saturated rings. The first-order valence-electron chi connectivity index (χ1n) is 11.3. The van der Waals surface area contributed by atoms with Gasteiger partial charge in [-0.05, 0) is 18.1 Å². The minimum atomic E-state index is 0.0455. The van der Waals surface area contributed by atoms with Crippen molar-refractivity contribution in [3.63, 3.8) is 0 Å². The summed E-state index contributed by atoms with van der Waals surface area (Å²) in [4.78, 5) is 20.9. The lowest BCUT2D eigenvalue weighted by Crippen LogP contribution is -2.49. The van der Waals surface area contributed by atoms with Gasteiger partial charge in [-0.1, -0.05) is 36.7 Å². The van der Waals surface area contributed by atoms with Crippen LogP contribution in [0.1, 0.15) is 31.2 Å². The Kier molecular flexibility index (Phi) is 10.1. The number of hydrogen-bond donors (Lipinski definition) is 0. The zero-order valence-electron chi connectivity index (χ0n) is 19.1. The van der Waals surface area contributed by atoms with Crippen LogP contribution in [-0.2, 0) is 32.2 Å². The number of amides is 1. The fourth-order valence-electron chi connectivity index (χ4n) is 3.49. The van der Waals surface area contributed by atoms with E-state index in [2.05, 4.69) is 34.1 Å². The Labute approximate surface area is 189 Å². The summed E-state index contributed by atoms with van der Waals surface area (Å²) < 4.78 is 21.1. The summed E-state index contributed by atoms with van der Waals surface area (Å²) in [5.41, 5.74) is 2.09. The second-order valence-electron chi connectivity index (χ2n) is 7.82. The van der Waals surface area contributed by atoms with Gasteiger partial charge in [0.15, 0.2) is 0 Å². The number of piperazine rings is 1. The second kappa shape index (κ2) is 13.3. The van der Waals surface area contributed by atoms with Gasteiger partial charge in [0, 0.05) is 52.0 Å². The average Bonchev–Trinajstić information content (AvgIpc) is 3.28. The number of carbonyl (C=O) groups is 1. The first-order chi connectivity index (χ1) is 15.7. The maximum Gasteiger partial charge on any atom is 0.252 e. The molecule has 9 nitrogen and oxygen atoms in total. The van der Waals surface area contributed by atoms with Gasteiger partial charge in [-0.15, -0.1) is 0 Å². The van der Waals surface area contributed by atoms with Crippen molar-refractivity contribution in [1.29, 1.82) is 0 Å². The predicted molar refractivity (Wildman–Crippen MR) is 119 cm³/mol. The van der Waals surface area contributed by atoms with Crippen molar-refractivity contribution >= 4 is 5.91 Å². The van der Waals surface area contributed by atoms with Crippen LogP contribution in [0, 0.1) is 0 Å². The van der Waals surface area contributed by atoms with Crippen LogP contribution in [0.15, 0.2) is 28.8 Å². The molecule has 3 rings (SSSR count). The molecule has 1 aliphatic heterocycles. The highest BCUT2D eigenvalue weighted by molar-refractivity contribution is 5.77. The van der Waals surface area contributed by atoms with E-state index in [1.54, 1.807) is 7.11 Å². The van der Waals surface area contributed by atoms with Gasteiger partial charge >= 0.3 is 0 Å². The zero-order valence-corrected chi connectivity index (χ0v) is 19.1. The zero-order chi connectivity index (χ0) is 22.6. The molecule has 0 aliphatic carbocycles. The maximum atomic E-state index is 12.4. The molecule has 1 saturated heterocycles. The van der Waals surface area contributed by atoms with Crippen LogP contribution in [0.4, 0.5) is 0 Å². The monoisotopic (exact) mass is 446 g/mol. The minimum Gasteiger partial charge on any atom is -0.379 e. The highest BCUT2D eigenvalue weighted by Crippen LogP contribution is 2.19. The molecule has 0 atom stereocenters. The molecule has 1 aromatic heterocycles. The predicted octanol–water partition coefficient (Wildman–Crippen LogP) is 2.36. The third-order valence-electron chi connectivity index (χ3n) is 5.29. The molecule has 2 heterocycles. The molecule has 32 heavy (non-hydrogen) atoms. The van der Waals surface area contributed by atoms with Crippen LogP contribution in [-0.4, -0.2) is 85.6 Å². The molecule has 9 heteroatoms. The van der Waals surface area contributed by atoms with Gasteiger partial charge in [0.25, 0.3) is 5.89 Å². The Bertz CT molecular complexity index is 820. The summed E-state index contributed by atoms with van der Waals surface area (Å²) in [7, 11) is 1.59.